The van der Waals surface area contributed by atoms with Crippen LogP contribution in [0.3, 0.4) is 0 Å². The van der Waals surface area contributed by atoms with Crippen LogP contribution in [0.25, 0.3) is 15.7 Å². The number of likely N-dealkylation sites (N-methyl/N-ethyl adjacent to an activating group) is 1. The molecule has 1 nitrogen and oxygen atoms in total. The van der Waals surface area contributed by atoms with Crippen molar-refractivity contribution in [3.63, 3.8) is 0 Å². The maximum Gasteiger partial charge on any atom is 0.0420 e. The number of benzene rings is 1. The molecule has 0 atom stereocenters. The molecule has 3 aliphatic rings. The number of allylic oxidation sites excluding steroid dienone is 1. The first-order chi connectivity index (χ1) is 10.6. The van der Waals surface area contributed by atoms with Crippen LogP contribution in [0.2, 0.25) is 0 Å². The van der Waals surface area contributed by atoms with E-state index in [9.17, 15) is 0 Å². The third-order valence-electron chi connectivity index (χ3n) is 5.54. The van der Waals surface area contributed by atoms with Gasteiger partial charge in [-0.25, -0.2) is 0 Å². The molecule has 0 unspecified atom stereocenters. The van der Waals surface area contributed by atoms with Crippen LogP contribution in [0.15, 0.2) is 29.2 Å². The Kier molecular flexibility index (Phi) is 3.62. The molecule has 2 bridgehead atoms. The minimum absolute atomic E-state index is 0.799. The van der Waals surface area contributed by atoms with Crippen molar-refractivity contribution in [1.29, 1.82) is 0 Å². The average molecular weight is 311 g/mol. The molecule has 0 amide bonds. The lowest BCUT2D eigenvalue weighted by atomic mass is 9.65. The van der Waals surface area contributed by atoms with Crippen molar-refractivity contribution in [1.82, 2.24) is 4.90 Å². The van der Waals surface area contributed by atoms with Crippen molar-refractivity contribution < 1.29 is 0 Å². The lowest BCUT2D eigenvalue weighted by Gasteiger charge is -2.41. The lowest BCUT2D eigenvalue weighted by Crippen LogP contribution is -2.31. The van der Waals surface area contributed by atoms with Crippen LogP contribution in [-0.4, -0.2) is 25.5 Å². The summed E-state index contributed by atoms with van der Waals surface area (Å²) >= 11 is 1.93. The van der Waals surface area contributed by atoms with E-state index in [4.69, 9.17) is 0 Å². The monoisotopic (exact) mass is 311 g/mol. The first-order valence-electron chi connectivity index (χ1n) is 8.50. The number of nitrogens with zero attached hydrogens (tertiary/aromatic N) is 1. The van der Waals surface area contributed by atoms with E-state index in [1.165, 1.54) is 41.3 Å². The first-order valence-corrected chi connectivity index (χ1v) is 9.38. The lowest BCUT2D eigenvalue weighted by molar-refractivity contribution is 0.300. The Morgan fingerprint density at radius 2 is 1.82 bits per heavy atom. The molecule has 1 heterocycles. The Morgan fingerprint density at radius 1 is 1.09 bits per heavy atom. The molecule has 1 aromatic heterocycles. The van der Waals surface area contributed by atoms with Gasteiger partial charge in [0.1, 0.15) is 0 Å². The van der Waals surface area contributed by atoms with Gasteiger partial charge in [0, 0.05) is 11.2 Å². The van der Waals surface area contributed by atoms with Gasteiger partial charge in [-0.2, -0.15) is 0 Å². The zero-order valence-corrected chi connectivity index (χ0v) is 14.7. The van der Waals surface area contributed by atoms with Gasteiger partial charge in [0.25, 0.3) is 0 Å². The van der Waals surface area contributed by atoms with Crippen LogP contribution in [0, 0.1) is 18.8 Å². The fourth-order valence-corrected chi connectivity index (χ4v) is 5.64. The largest absolute Gasteiger partial charge is 0.305 e. The van der Waals surface area contributed by atoms with Crippen LogP contribution in [0.5, 0.6) is 0 Å². The maximum atomic E-state index is 2.38. The Morgan fingerprint density at radius 3 is 2.55 bits per heavy atom. The molecule has 2 heteroatoms. The van der Waals surface area contributed by atoms with E-state index >= 15 is 0 Å². The summed E-state index contributed by atoms with van der Waals surface area (Å²) < 4.78 is 1.51. The van der Waals surface area contributed by atoms with E-state index in [2.05, 4.69) is 49.5 Å². The van der Waals surface area contributed by atoms with Crippen molar-refractivity contribution in [2.75, 3.05) is 20.6 Å². The van der Waals surface area contributed by atoms with Crippen LogP contribution < -0.4 is 0 Å². The second-order valence-electron chi connectivity index (χ2n) is 7.33. The summed E-state index contributed by atoms with van der Waals surface area (Å²) in [5.74, 6) is 1.63. The smallest absolute Gasteiger partial charge is 0.0420 e. The van der Waals surface area contributed by atoms with Crippen molar-refractivity contribution in [3.05, 3.63) is 40.3 Å². The van der Waals surface area contributed by atoms with Crippen LogP contribution in [0.4, 0.5) is 0 Å². The molecule has 0 spiro atoms. The molecule has 1 aromatic carbocycles. The van der Waals surface area contributed by atoms with Gasteiger partial charge in [-0.05, 0) is 91.6 Å². The van der Waals surface area contributed by atoms with Gasteiger partial charge in [0.15, 0.2) is 0 Å². The number of fused-ring (bicyclic) bond motifs is 3. The summed E-state index contributed by atoms with van der Waals surface area (Å²) in [7, 11) is 4.42. The van der Waals surface area contributed by atoms with Crippen LogP contribution in [-0.2, 0) is 0 Å². The molecule has 5 rings (SSSR count). The van der Waals surface area contributed by atoms with Gasteiger partial charge in [0.05, 0.1) is 0 Å². The predicted octanol–water partition coefficient (Wildman–Crippen LogP) is 5.34. The average Bonchev–Trinajstić information content (AvgIpc) is 2.90. The number of thiophene rings is 1. The highest BCUT2D eigenvalue weighted by molar-refractivity contribution is 7.17. The highest BCUT2D eigenvalue weighted by Crippen LogP contribution is 2.51. The quantitative estimate of drug-likeness (QED) is 0.739. The Labute approximate surface area is 137 Å². The van der Waals surface area contributed by atoms with Gasteiger partial charge >= 0.3 is 0 Å². The Balaban J connectivity index is 1.93. The zero-order valence-electron chi connectivity index (χ0n) is 13.9. The first kappa shape index (κ1) is 14.5. The van der Waals surface area contributed by atoms with Crippen molar-refractivity contribution in [2.45, 2.75) is 32.6 Å². The molecule has 3 aliphatic carbocycles. The van der Waals surface area contributed by atoms with Gasteiger partial charge in [-0.1, -0.05) is 18.2 Å². The second-order valence-corrected chi connectivity index (χ2v) is 8.21. The Bertz CT molecular complexity index is 729. The predicted molar refractivity (Wildman–Crippen MR) is 97.5 cm³/mol. The minimum Gasteiger partial charge on any atom is -0.305 e. The second kappa shape index (κ2) is 5.50. The summed E-state index contributed by atoms with van der Waals surface area (Å²) in [4.78, 5) is 2.36. The molecule has 0 aliphatic heterocycles. The van der Waals surface area contributed by atoms with E-state index in [1.807, 2.05) is 11.3 Å². The van der Waals surface area contributed by atoms with E-state index in [-0.39, 0.29) is 0 Å². The normalized spacial score (nSPS) is 24.7. The molecule has 0 saturated heterocycles. The topological polar surface area (TPSA) is 3.24 Å². The Hall–Kier alpha value is -1.12. The molecule has 22 heavy (non-hydrogen) atoms. The van der Waals surface area contributed by atoms with Gasteiger partial charge in [-0.3, -0.25) is 0 Å². The van der Waals surface area contributed by atoms with E-state index in [1.54, 1.807) is 16.7 Å². The van der Waals surface area contributed by atoms with Crippen molar-refractivity contribution >= 4 is 27.0 Å². The summed E-state index contributed by atoms with van der Waals surface area (Å²) in [6.07, 6.45) is 5.63. The summed E-state index contributed by atoms with van der Waals surface area (Å²) in [5.41, 5.74) is 6.43. The number of hydrogen-bond donors (Lipinski definition) is 0. The summed E-state index contributed by atoms with van der Waals surface area (Å²) in [6, 6.07) is 6.93. The zero-order chi connectivity index (χ0) is 15.3. The van der Waals surface area contributed by atoms with E-state index in [0.29, 0.717) is 0 Å². The van der Waals surface area contributed by atoms with E-state index < -0.39 is 0 Å². The van der Waals surface area contributed by atoms with E-state index in [0.717, 1.165) is 18.4 Å². The summed E-state index contributed by atoms with van der Waals surface area (Å²) in [5, 5.41) is 3.78. The molecule has 116 valence electrons. The number of rotatable bonds is 3. The fourth-order valence-electron chi connectivity index (χ4n) is 4.56. The highest BCUT2D eigenvalue weighted by atomic mass is 32.1. The highest BCUT2D eigenvalue weighted by Gasteiger charge is 2.36. The SMILES string of the molecule is Cc1csc2c(C3=C(CN(C)C)C4CCC3CC4)cccc12. The molecule has 0 radical (unpaired) electrons. The van der Waals surface area contributed by atoms with Crippen LogP contribution >= 0.6 is 11.3 Å². The fraction of sp³-hybridized carbons (Fsp3) is 0.500. The van der Waals surface area contributed by atoms with Gasteiger partial charge in [0.2, 0.25) is 0 Å². The molecular weight excluding hydrogens is 286 g/mol. The molecule has 1 fully saturated rings. The maximum absolute atomic E-state index is 2.38. The standard InChI is InChI=1S/C20H25NS/c1-13-12-22-20-16(13)5-4-6-17(20)19-15-9-7-14(8-10-15)18(19)11-21(2)3/h4-6,12,14-15H,7-11H2,1-3H3. The van der Waals surface area contributed by atoms with Gasteiger partial charge < -0.3 is 4.90 Å². The van der Waals surface area contributed by atoms with Crippen LogP contribution in [0.1, 0.15) is 36.8 Å². The van der Waals surface area contributed by atoms with Gasteiger partial charge in [-0.15, -0.1) is 11.3 Å². The molecule has 1 saturated carbocycles. The number of hydrogen-bond acceptors (Lipinski definition) is 2. The molecule has 0 N–H and O–H groups in total. The number of aryl methyl sites for hydroxylation is 1. The van der Waals surface area contributed by atoms with Crippen molar-refractivity contribution in [2.24, 2.45) is 11.8 Å². The summed E-state index contributed by atoms with van der Waals surface area (Å²) in [6.45, 7) is 3.38. The molecular formula is C20H25NS. The van der Waals surface area contributed by atoms with Crippen molar-refractivity contribution in [3.8, 4) is 0 Å². The third kappa shape index (κ3) is 2.24. The molecule has 2 aromatic rings. The minimum atomic E-state index is 0.799. The third-order valence-corrected chi connectivity index (χ3v) is 6.69.